The summed E-state index contributed by atoms with van der Waals surface area (Å²) in [5.74, 6) is 2.62. The van der Waals surface area contributed by atoms with Crippen LogP contribution in [0.5, 0.6) is 17.4 Å². The first-order valence-corrected chi connectivity index (χ1v) is 8.97. The Labute approximate surface area is 168 Å². The molecular weight excluding hydrogens is 370 g/mol. The Kier molecular flexibility index (Phi) is 4.90. The zero-order chi connectivity index (χ0) is 20.4. The van der Waals surface area contributed by atoms with E-state index in [0.29, 0.717) is 23.2 Å². The molecule has 8 nitrogen and oxygen atoms in total. The molecule has 0 bridgehead atoms. The van der Waals surface area contributed by atoms with Gasteiger partial charge in [0.1, 0.15) is 5.82 Å². The number of benzene rings is 1. The number of nitrogens with one attached hydrogen (secondary N) is 1. The van der Waals surface area contributed by atoms with Crippen LogP contribution in [0.15, 0.2) is 48.9 Å². The Balaban J connectivity index is 1.70. The summed E-state index contributed by atoms with van der Waals surface area (Å²) in [7, 11) is 4.84. The third-order valence-electron chi connectivity index (χ3n) is 4.56. The van der Waals surface area contributed by atoms with Crippen molar-refractivity contribution in [2.75, 3.05) is 26.6 Å². The minimum atomic E-state index is 0.560. The van der Waals surface area contributed by atoms with E-state index < -0.39 is 0 Å². The van der Waals surface area contributed by atoms with Crippen LogP contribution in [0.3, 0.4) is 0 Å². The number of ether oxygens (including phenoxy) is 3. The first-order chi connectivity index (χ1) is 14.1. The second-order valence-corrected chi connectivity index (χ2v) is 6.38. The Morgan fingerprint density at radius 2 is 1.83 bits per heavy atom. The van der Waals surface area contributed by atoms with E-state index >= 15 is 0 Å². The first kappa shape index (κ1) is 18.5. The number of hydrogen-bond donors (Lipinski definition) is 1. The maximum Gasteiger partial charge on any atom is 0.212 e. The molecule has 0 aliphatic heterocycles. The molecule has 4 aromatic rings. The number of methoxy groups -OCH3 is 3. The van der Waals surface area contributed by atoms with Gasteiger partial charge in [0.25, 0.3) is 0 Å². The van der Waals surface area contributed by atoms with Gasteiger partial charge in [0.15, 0.2) is 17.1 Å². The van der Waals surface area contributed by atoms with E-state index in [9.17, 15) is 0 Å². The number of aromatic nitrogens is 4. The second-order valence-electron chi connectivity index (χ2n) is 6.38. The minimum absolute atomic E-state index is 0.560. The molecule has 0 saturated heterocycles. The highest BCUT2D eigenvalue weighted by Crippen LogP contribution is 2.35. The van der Waals surface area contributed by atoms with Gasteiger partial charge in [0.05, 0.1) is 27.5 Å². The molecule has 0 unspecified atom stereocenters. The van der Waals surface area contributed by atoms with Crippen molar-refractivity contribution in [1.82, 2.24) is 19.6 Å². The lowest BCUT2D eigenvalue weighted by Crippen LogP contribution is -2.00. The molecule has 8 heteroatoms. The van der Waals surface area contributed by atoms with Crippen LogP contribution in [0.25, 0.3) is 16.8 Å². The summed E-state index contributed by atoms with van der Waals surface area (Å²) >= 11 is 0. The van der Waals surface area contributed by atoms with Gasteiger partial charge >= 0.3 is 0 Å². The second kappa shape index (κ2) is 7.67. The third-order valence-corrected chi connectivity index (χ3v) is 4.56. The number of hydrogen-bond acceptors (Lipinski definition) is 7. The third kappa shape index (κ3) is 3.52. The van der Waals surface area contributed by atoms with Crippen LogP contribution in [0.1, 0.15) is 5.56 Å². The molecule has 1 aromatic carbocycles. The molecule has 0 atom stereocenters. The Hall–Kier alpha value is -3.81. The van der Waals surface area contributed by atoms with Crippen molar-refractivity contribution >= 4 is 17.2 Å². The maximum absolute atomic E-state index is 5.43. The topological polar surface area (TPSA) is 82.8 Å². The van der Waals surface area contributed by atoms with Gasteiger partial charge in [-0.2, -0.15) is 5.10 Å². The Bertz CT molecular complexity index is 1160. The molecule has 0 aliphatic rings. The lowest BCUT2D eigenvalue weighted by molar-refractivity contribution is 0.353. The van der Waals surface area contributed by atoms with Gasteiger partial charge in [-0.25, -0.2) is 14.5 Å². The average Bonchev–Trinajstić information content (AvgIpc) is 3.16. The van der Waals surface area contributed by atoms with Crippen molar-refractivity contribution in [2.24, 2.45) is 0 Å². The molecule has 0 amide bonds. The van der Waals surface area contributed by atoms with Crippen LogP contribution < -0.4 is 19.5 Å². The molecular formula is C21H21N5O3. The maximum atomic E-state index is 5.43. The molecule has 0 saturated carbocycles. The number of pyridine rings is 1. The molecule has 0 radical (unpaired) electrons. The number of rotatable bonds is 6. The summed E-state index contributed by atoms with van der Waals surface area (Å²) in [5, 5.41) is 7.71. The van der Waals surface area contributed by atoms with Gasteiger partial charge in [-0.1, -0.05) is 0 Å². The fraction of sp³-hybridized carbons (Fsp3) is 0.190. The van der Waals surface area contributed by atoms with Crippen LogP contribution in [0.4, 0.5) is 11.5 Å². The van der Waals surface area contributed by atoms with E-state index in [-0.39, 0.29) is 0 Å². The molecule has 3 heterocycles. The van der Waals surface area contributed by atoms with E-state index in [1.807, 2.05) is 43.5 Å². The van der Waals surface area contributed by atoms with Gasteiger partial charge in [0, 0.05) is 41.3 Å². The standard InChI is InChI=1S/C21H21N5O3/c1-13-9-15(10-17(27-2)20(13)29-4)24-18-7-8-26-21(25-18)16(12-23-26)14-5-6-19(28-3)22-11-14/h5-12H,1-4H3,(H,24,25). The van der Waals surface area contributed by atoms with Crippen molar-refractivity contribution < 1.29 is 14.2 Å². The number of aryl methyl sites for hydroxylation is 1. The van der Waals surface area contributed by atoms with Crippen molar-refractivity contribution in [2.45, 2.75) is 6.92 Å². The summed E-state index contributed by atoms with van der Waals surface area (Å²) in [4.78, 5) is 9.00. The monoisotopic (exact) mass is 391 g/mol. The van der Waals surface area contributed by atoms with Gasteiger partial charge < -0.3 is 19.5 Å². The molecule has 0 spiro atoms. The largest absolute Gasteiger partial charge is 0.493 e. The lowest BCUT2D eigenvalue weighted by Gasteiger charge is -2.14. The predicted molar refractivity (Wildman–Crippen MR) is 110 cm³/mol. The zero-order valence-corrected chi connectivity index (χ0v) is 16.6. The zero-order valence-electron chi connectivity index (χ0n) is 16.6. The van der Waals surface area contributed by atoms with Crippen LogP contribution in [0.2, 0.25) is 0 Å². The van der Waals surface area contributed by atoms with E-state index in [0.717, 1.165) is 28.0 Å². The van der Waals surface area contributed by atoms with Crippen molar-refractivity contribution in [3.05, 3.63) is 54.5 Å². The van der Waals surface area contributed by atoms with Crippen LogP contribution in [-0.4, -0.2) is 40.9 Å². The normalized spacial score (nSPS) is 10.8. The number of fused-ring (bicyclic) bond motifs is 1. The SMILES string of the molecule is COc1ccc(-c2cnn3ccc(Nc4cc(C)c(OC)c(OC)c4)nc23)cn1. The van der Waals surface area contributed by atoms with Crippen LogP contribution in [0, 0.1) is 6.92 Å². The van der Waals surface area contributed by atoms with Gasteiger partial charge in [-0.3, -0.25) is 0 Å². The smallest absolute Gasteiger partial charge is 0.212 e. The summed E-state index contributed by atoms with van der Waals surface area (Å²) in [5.41, 5.74) is 4.33. The van der Waals surface area contributed by atoms with Gasteiger partial charge in [-0.15, -0.1) is 0 Å². The Morgan fingerprint density at radius 1 is 0.966 bits per heavy atom. The van der Waals surface area contributed by atoms with E-state index in [1.54, 1.807) is 38.2 Å². The average molecular weight is 391 g/mol. The highest BCUT2D eigenvalue weighted by molar-refractivity contribution is 5.78. The highest BCUT2D eigenvalue weighted by Gasteiger charge is 2.12. The first-order valence-electron chi connectivity index (χ1n) is 8.97. The summed E-state index contributed by atoms with van der Waals surface area (Å²) in [6, 6.07) is 9.47. The number of nitrogens with zero attached hydrogens (tertiary/aromatic N) is 4. The molecule has 4 rings (SSSR count). The lowest BCUT2D eigenvalue weighted by atomic mass is 10.1. The Morgan fingerprint density at radius 3 is 2.52 bits per heavy atom. The fourth-order valence-electron chi connectivity index (χ4n) is 3.18. The van der Waals surface area contributed by atoms with Gasteiger partial charge in [0.2, 0.25) is 5.88 Å². The highest BCUT2D eigenvalue weighted by atomic mass is 16.5. The molecule has 3 aromatic heterocycles. The molecule has 0 aliphatic carbocycles. The van der Waals surface area contributed by atoms with Gasteiger partial charge in [-0.05, 0) is 30.7 Å². The predicted octanol–water partition coefficient (Wildman–Crippen LogP) is 3.87. The van der Waals surface area contributed by atoms with Crippen LogP contribution >= 0.6 is 0 Å². The molecule has 29 heavy (non-hydrogen) atoms. The minimum Gasteiger partial charge on any atom is -0.493 e. The van der Waals surface area contributed by atoms with Crippen LogP contribution in [-0.2, 0) is 0 Å². The summed E-state index contributed by atoms with van der Waals surface area (Å²) in [6.07, 6.45) is 5.38. The van der Waals surface area contributed by atoms with Crippen molar-refractivity contribution in [1.29, 1.82) is 0 Å². The van der Waals surface area contributed by atoms with Crippen molar-refractivity contribution in [3.8, 4) is 28.5 Å². The summed E-state index contributed by atoms with van der Waals surface area (Å²) in [6.45, 7) is 1.97. The van der Waals surface area contributed by atoms with E-state index in [2.05, 4.69) is 15.4 Å². The summed E-state index contributed by atoms with van der Waals surface area (Å²) < 4.78 is 17.7. The van der Waals surface area contributed by atoms with E-state index in [1.165, 1.54) is 0 Å². The fourth-order valence-corrected chi connectivity index (χ4v) is 3.18. The number of anilines is 2. The van der Waals surface area contributed by atoms with E-state index in [4.69, 9.17) is 19.2 Å². The molecule has 148 valence electrons. The molecule has 0 fully saturated rings. The van der Waals surface area contributed by atoms with Crippen molar-refractivity contribution in [3.63, 3.8) is 0 Å². The quantitative estimate of drug-likeness (QED) is 0.534. The molecule has 1 N–H and O–H groups in total.